The number of hydrogen-bond donors (Lipinski definition) is 0. The van der Waals surface area contributed by atoms with Gasteiger partial charge in [0, 0.05) is 0 Å². The molecule has 2 aromatic rings. The number of alkyl halides is 1. The Morgan fingerprint density at radius 1 is 1.33 bits per heavy atom. The van der Waals surface area contributed by atoms with Crippen LogP contribution in [0.1, 0.15) is 31.0 Å². The van der Waals surface area contributed by atoms with E-state index in [0.717, 1.165) is 17.7 Å². The van der Waals surface area contributed by atoms with Crippen molar-refractivity contribution in [2.24, 2.45) is 0 Å². The van der Waals surface area contributed by atoms with E-state index in [1.54, 1.807) is 0 Å². The first-order chi connectivity index (χ1) is 8.76. The molecule has 0 radical (unpaired) electrons. The maximum absolute atomic E-state index is 5.55. The maximum atomic E-state index is 5.55. The molecule has 1 aromatic heterocycles. The van der Waals surface area contributed by atoms with Gasteiger partial charge in [-0.05, 0) is 25.5 Å². The number of rotatable bonds is 5. The number of ether oxygens (including phenoxy) is 1. The highest BCUT2D eigenvalue weighted by molar-refractivity contribution is 9.09. The van der Waals surface area contributed by atoms with E-state index in [-0.39, 0.29) is 4.83 Å². The van der Waals surface area contributed by atoms with Crippen LogP contribution in [0.15, 0.2) is 28.8 Å². The molecule has 18 heavy (non-hydrogen) atoms. The zero-order valence-corrected chi connectivity index (χ0v) is 12.0. The van der Waals surface area contributed by atoms with Crippen molar-refractivity contribution in [2.75, 3.05) is 6.61 Å². The number of halogens is 1. The minimum absolute atomic E-state index is 0.0954. The Kier molecular flexibility index (Phi) is 4.36. The minimum atomic E-state index is 0.0954. The first-order valence-electron chi connectivity index (χ1n) is 5.96. The second-order valence-electron chi connectivity index (χ2n) is 3.76. The van der Waals surface area contributed by atoms with Crippen LogP contribution in [-0.4, -0.2) is 16.7 Å². The molecule has 4 nitrogen and oxygen atoms in total. The zero-order valence-electron chi connectivity index (χ0n) is 10.4. The second-order valence-corrected chi connectivity index (χ2v) is 4.87. The van der Waals surface area contributed by atoms with E-state index >= 15 is 0 Å². The van der Waals surface area contributed by atoms with Gasteiger partial charge >= 0.3 is 0 Å². The van der Waals surface area contributed by atoms with E-state index in [1.165, 1.54) is 0 Å². The predicted octanol–water partition coefficient (Wildman–Crippen LogP) is 3.98. The Morgan fingerprint density at radius 2 is 2.11 bits per heavy atom. The quantitative estimate of drug-likeness (QED) is 0.784. The third-order valence-electron chi connectivity index (χ3n) is 2.50. The Labute approximate surface area is 114 Å². The smallest absolute Gasteiger partial charge is 0.240 e. The average Bonchev–Trinajstić information content (AvgIpc) is 2.88. The fourth-order valence-corrected chi connectivity index (χ4v) is 1.77. The Hall–Kier alpha value is -1.36. The van der Waals surface area contributed by atoms with Crippen LogP contribution in [0.25, 0.3) is 11.4 Å². The van der Waals surface area contributed by atoms with E-state index in [4.69, 9.17) is 9.26 Å². The van der Waals surface area contributed by atoms with Gasteiger partial charge in [-0.15, -0.1) is 0 Å². The summed E-state index contributed by atoms with van der Waals surface area (Å²) < 4.78 is 10.8. The number of benzene rings is 1. The lowest BCUT2D eigenvalue weighted by Crippen LogP contribution is -1.94. The van der Waals surface area contributed by atoms with Gasteiger partial charge in [0.25, 0.3) is 0 Å². The summed E-state index contributed by atoms with van der Waals surface area (Å²) in [4.78, 5) is 4.48. The molecular weight excluding hydrogens is 296 g/mol. The summed E-state index contributed by atoms with van der Waals surface area (Å²) in [6, 6.07) is 7.68. The van der Waals surface area contributed by atoms with Crippen LogP contribution < -0.4 is 4.74 Å². The summed E-state index contributed by atoms with van der Waals surface area (Å²) in [6.45, 7) is 4.61. The monoisotopic (exact) mass is 310 g/mol. The summed E-state index contributed by atoms with van der Waals surface area (Å²) in [6.07, 6.45) is 0.898. The van der Waals surface area contributed by atoms with Crippen molar-refractivity contribution in [1.82, 2.24) is 10.1 Å². The van der Waals surface area contributed by atoms with Crippen molar-refractivity contribution in [2.45, 2.75) is 25.1 Å². The normalized spacial score (nSPS) is 12.4. The van der Waals surface area contributed by atoms with Crippen LogP contribution in [0.5, 0.6) is 5.75 Å². The van der Waals surface area contributed by atoms with Gasteiger partial charge in [-0.1, -0.05) is 40.1 Å². The van der Waals surface area contributed by atoms with Gasteiger partial charge in [-0.3, -0.25) is 0 Å². The topological polar surface area (TPSA) is 48.2 Å². The molecule has 1 unspecified atom stereocenters. The lowest BCUT2D eigenvalue weighted by Gasteiger charge is -2.06. The van der Waals surface area contributed by atoms with E-state index < -0.39 is 0 Å². The van der Waals surface area contributed by atoms with Gasteiger partial charge in [0.05, 0.1) is 17.0 Å². The molecule has 0 saturated carbocycles. The highest BCUT2D eigenvalue weighted by Crippen LogP contribution is 2.30. The molecular formula is C13H15BrN2O2. The Bertz CT molecular complexity index is 513. The molecule has 0 aliphatic rings. The molecule has 0 aliphatic carbocycles. The summed E-state index contributed by atoms with van der Waals surface area (Å²) in [5.41, 5.74) is 0.852. The number of hydrogen-bond acceptors (Lipinski definition) is 4. The van der Waals surface area contributed by atoms with Crippen LogP contribution in [0, 0.1) is 0 Å². The molecule has 0 amide bonds. The standard InChI is InChI=1S/C13H15BrN2O2/c1-3-10(14)13-15-12(16-18-13)9-7-5-6-8-11(9)17-4-2/h5-8,10H,3-4H2,1-2H3. The van der Waals surface area contributed by atoms with E-state index in [0.29, 0.717) is 18.3 Å². The SMILES string of the molecule is CCOc1ccccc1-c1noc(C(Br)CC)n1. The molecule has 0 saturated heterocycles. The molecule has 1 atom stereocenters. The second kappa shape index (κ2) is 6.00. The van der Waals surface area contributed by atoms with Gasteiger partial charge in [0.15, 0.2) is 0 Å². The van der Waals surface area contributed by atoms with Crippen LogP contribution in [0.3, 0.4) is 0 Å². The molecule has 0 fully saturated rings. The van der Waals surface area contributed by atoms with Gasteiger partial charge in [0.2, 0.25) is 11.7 Å². The van der Waals surface area contributed by atoms with E-state index in [9.17, 15) is 0 Å². The average molecular weight is 311 g/mol. The predicted molar refractivity (Wildman–Crippen MR) is 72.9 cm³/mol. The first kappa shape index (κ1) is 13.1. The molecule has 2 rings (SSSR count). The third kappa shape index (κ3) is 2.72. The van der Waals surface area contributed by atoms with Gasteiger partial charge in [0.1, 0.15) is 5.75 Å². The van der Waals surface area contributed by atoms with Gasteiger partial charge < -0.3 is 9.26 Å². The summed E-state index contributed by atoms with van der Waals surface area (Å²) in [7, 11) is 0. The highest BCUT2D eigenvalue weighted by Gasteiger charge is 2.17. The van der Waals surface area contributed by atoms with Crippen LogP contribution in [-0.2, 0) is 0 Å². The fraction of sp³-hybridized carbons (Fsp3) is 0.385. The van der Waals surface area contributed by atoms with Crippen LogP contribution >= 0.6 is 15.9 Å². The van der Waals surface area contributed by atoms with Gasteiger partial charge in [-0.2, -0.15) is 4.98 Å². The Morgan fingerprint density at radius 3 is 2.83 bits per heavy atom. The molecule has 0 bridgehead atoms. The first-order valence-corrected chi connectivity index (χ1v) is 6.87. The van der Waals surface area contributed by atoms with Crippen molar-refractivity contribution in [1.29, 1.82) is 0 Å². The fourth-order valence-electron chi connectivity index (χ4n) is 1.58. The van der Waals surface area contributed by atoms with Crippen molar-refractivity contribution < 1.29 is 9.26 Å². The summed E-state index contributed by atoms with van der Waals surface area (Å²) >= 11 is 3.49. The molecule has 0 spiro atoms. The van der Waals surface area contributed by atoms with Crippen LogP contribution in [0.4, 0.5) is 0 Å². The minimum Gasteiger partial charge on any atom is -0.493 e. The van der Waals surface area contributed by atoms with Crippen LogP contribution in [0.2, 0.25) is 0 Å². The van der Waals surface area contributed by atoms with E-state index in [1.807, 2.05) is 31.2 Å². The molecule has 0 aliphatic heterocycles. The third-order valence-corrected chi connectivity index (χ3v) is 3.54. The lowest BCUT2D eigenvalue weighted by atomic mass is 10.2. The number of nitrogens with zero attached hydrogens (tertiary/aromatic N) is 2. The van der Waals surface area contributed by atoms with Gasteiger partial charge in [-0.25, -0.2) is 0 Å². The van der Waals surface area contributed by atoms with Crippen molar-refractivity contribution in [3.63, 3.8) is 0 Å². The largest absolute Gasteiger partial charge is 0.493 e. The van der Waals surface area contributed by atoms with E-state index in [2.05, 4.69) is 33.0 Å². The van der Waals surface area contributed by atoms with Crippen molar-refractivity contribution >= 4 is 15.9 Å². The molecule has 1 aromatic carbocycles. The molecule has 96 valence electrons. The molecule has 5 heteroatoms. The lowest BCUT2D eigenvalue weighted by molar-refractivity contribution is 0.341. The summed E-state index contributed by atoms with van der Waals surface area (Å²) in [5, 5.41) is 4.00. The van der Waals surface area contributed by atoms with Crippen molar-refractivity contribution in [3.05, 3.63) is 30.2 Å². The highest BCUT2D eigenvalue weighted by atomic mass is 79.9. The Balaban J connectivity index is 2.33. The number of para-hydroxylation sites is 1. The maximum Gasteiger partial charge on any atom is 0.240 e. The molecule has 0 N–H and O–H groups in total. The summed E-state index contributed by atoms with van der Waals surface area (Å²) in [5.74, 6) is 1.93. The number of aromatic nitrogens is 2. The van der Waals surface area contributed by atoms with Crippen molar-refractivity contribution in [3.8, 4) is 17.1 Å². The molecule has 1 heterocycles. The zero-order chi connectivity index (χ0) is 13.0.